The molecule has 1 amide bonds. The molecule has 3 fully saturated rings. The number of allylic oxidation sites excluding steroid dienone is 2. The molecule has 1 saturated carbocycles. The molecule has 3 heterocycles. The van der Waals surface area contributed by atoms with Gasteiger partial charge in [-0.05, 0) is 94.6 Å². The number of ether oxygens (including phenoxy) is 5. The smallest absolute Gasteiger partial charge is 0.329 e. The lowest BCUT2D eigenvalue weighted by Gasteiger charge is -2.47. The molecule has 3 aliphatic heterocycles. The maximum absolute atomic E-state index is 14.3. The number of aliphatic hydroxyl groups is 4. The Morgan fingerprint density at radius 2 is 1.56 bits per heavy atom. The molecule has 57 heavy (non-hydrogen) atoms. The van der Waals surface area contributed by atoms with Gasteiger partial charge in [0.2, 0.25) is 5.79 Å². The third kappa shape index (κ3) is 10.8. The van der Waals surface area contributed by atoms with Gasteiger partial charge in [0.15, 0.2) is 0 Å². The van der Waals surface area contributed by atoms with Gasteiger partial charge in [-0.1, -0.05) is 39.8 Å². The Morgan fingerprint density at radius 3 is 2.19 bits per heavy atom. The van der Waals surface area contributed by atoms with Crippen molar-refractivity contribution in [3.63, 3.8) is 0 Å². The number of piperidine rings is 1. The van der Waals surface area contributed by atoms with Gasteiger partial charge in [0.25, 0.3) is 11.7 Å². The zero-order chi connectivity index (χ0) is 42.4. The molecule has 14 heteroatoms. The number of carbonyl (C=O) groups excluding carboxylic acids is 4. The van der Waals surface area contributed by atoms with E-state index in [2.05, 4.69) is 0 Å². The summed E-state index contributed by atoms with van der Waals surface area (Å²) in [6, 6.07) is -1.16. The molecule has 0 aromatic rings. The fourth-order valence-electron chi connectivity index (χ4n) is 9.31. The fraction of sp³-hybridized carbons (Fsp3) is 0.814. The molecule has 4 rings (SSSR count). The number of methoxy groups -OCH3 is 3. The number of hydrogen-bond donors (Lipinski definition) is 4. The Morgan fingerprint density at radius 1 is 0.912 bits per heavy atom. The second kappa shape index (κ2) is 20.6. The molecule has 0 aromatic heterocycles. The minimum Gasteiger partial charge on any atom is -0.456 e. The van der Waals surface area contributed by atoms with Crippen molar-refractivity contribution >= 4 is 23.4 Å². The largest absolute Gasteiger partial charge is 0.456 e. The highest BCUT2D eigenvalue weighted by Crippen LogP contribution is 2.39. The molecular formula is C43H69NO13. The van der Waals surface area contributed by atoms with E-state index in [0.29, 0.717) is 49.7 Å². The van der Waals surface area contributed by atoms with E-state index in [1.165, 1.54) is 14.2 Å². The normalized spacial score (nSPS) is 42.4. The number of carbonyl (C=O) groups is 4. The van der Waals surface area contributed by atoms with E-state index in [1.807, 2.05) is 19.9 Å². The van der Waals surface area contributed by atoms with Crippen LogP contribution in [0.2, 0.25) is 0 Å². The Bertz CT molecular complexity index is 1470. The second-order valence-electron chi connectivity index (χ2n) is 17.2. The molecule has 14 nitrogen and oxygen atoms in total. The van der Waals surface area contributed by atoms with Gasteiger partial charge in [0.1, 0.15) is 24.0 Å². The van der Waals surface area contributed by atoms with E-state index >= 15 is 0 Å². The van der Waals surface area contributed by atoms with Gasteiger partial charge in [-0.3, -0.25) is 14.4 Å². The van der Waals surface area contributed by atoms with E-state index in [-0.39, 0.29) is 50.0 Å². The Labute approximate surface area is 338 Å². The molecule has 2 saturated heterocycles. The van der Waals surface area contributed by atoms with E-state index in [4.69, 9.17) is 23.7 Å². The van der Waals surface area contributed by atoms with Crippen molar-refractivity contribution in [1.82, 2.24) is 4.90 Å². The van der Waals surface area contributed by atoms with E-state index < -0.39 is 95.9 Å². The first-order chi connectivity index (χ1) is 26.9. The van der Waals surface area contributed by atoms with E-state index in [9.17, 15) is 39.6 Å². The predicted octanol–water partition coefficient (Wildman–Crippen LogP) is 3.44. The van der Waals surface area contributed by atoms with Gasteiger partial charge in [0, 0.05) is 52.0 Å². The number of aliphatic hydroxyl groups excluding tert-OH is 3. The molecule has 2 bridgehead atoms. The minimum atomic E-state index is -2.57. The van der Waals surface area contributed by atoms with Crippen LogP contribution in [0, 0.1) is 29.6 Å². The van der Waals surface area contributed by atoms with Gasteiger partial charge < -0.3 is 49.0 Å². The standard InChI is InChI=1S/C43H69NO13/c1-10-29-18-23(2)37(48)24(3)19-35(54-8)39-36(55-9)20-26(5)43(52,57-39)40(49)41(50)44-16-12-11-13-30(44)42(51)56-38(27(6)32(46)22-33(29)47)25(4)17-28-14-15-31(45)34(21-28)53-7/h17-18,24,26-32,34-39,45-46,48,52H,10-16,19-22H2,1-9H3/b23-18+,25-17+/t24-,26+,27+,28-,29+,30-,31+,32-,34+,35-,36-,37+,38+,39+,43+/m0/s1. The van der Waals surface area contributed by atoms with Crippen LogP contribution in [0.15, 0.2) is 23.3 Å². The summed E-state index contributed by atoms with van der Waals surface area (Å²) in [5.41, 5.74) is 1.19. The van der Waals surface area contributed by atoms with Crippen molar-refractivity contribution in [2.75, 3.05) is 27.9 Å². The summed E-state index contributed by atoms with van der Waals surface area (Å²) in [5.74, 6) is -8.59. The topological polar surface area (TPSA) is 199 Å². The number of cyclic esters (lactones) is 1. The summed E-state index contributed by atoms with van der Waals surface area (Å²) < 4.78 is 29.6. The third-order valence-corrected chi connectivity index (χ3v) is 13.2. The summed E-state index contributed by atoms with van der Waals surface area (Å²) in [6.45, 7) is 10.6. The molecule has 0 unspecified atom stereocenters. The van der Waals surface area contributed by atoms with Crippen molar-refractivity contribution in [3.05, 3.63) is 23.3 Å². The van der Waals surface area contributed by atoms with Crippen LogP contribution in [-0.4, -0.2) is 137 Å². The monoisotopic (exact) mass is 807 g/mol. The fourth-order valence-corrected chi connectivity index (χ4v) is 9.31. The Kier molecular flexibility index (Phi) is 17.0. The van der Waals surface area contributed by atoms with Crippen molar-refractivity contribution in [2.24, 2.45) is 29.6 Å². The lowest BCUT2D eigenvalue weighted by Crippen LogP contribution is -2.64. The van der Waals surface area contributed by atoms with Crippen LogP contribution in [0.5, 0.6) is 0 Å². The molecular weight excluding hydrogens is 738 g/mol. The van der Waals surface area contributed by atoms with Crippen LogP contribution in [0.25, 0.3) is 0 Å². The van der Waals surface area contributed by atoms with Crippen LogP contribution in [0.4, 0.5) is 0 Å². The van der Waals surface area contributed by atoms with E-state index in [0.717, 1.165) is 4.90 Å². The number of rotatable bonds is 6. The maximum atomic E-state index is 14.3. The highest BCUT2D eigenvalue weighted by atomic mass is 16.7. The van der Waals surface area contributed by atoms with Crippen molar-refractivity contribution in [2.45, 2.75) is 166 Å². The molecule has 15 atom stereocenters. The number of ketones is 2. The number of hydrogen-bond acceptors (Lipinski definition) is 13. The lowest BCUT2D eigenvalue weighted by molar-refractivity contribution is -0.302. The number of amides is 1. The van der Waals surface area contributed by atoms with Gasteiger partial charge in [-0.2, -0.15) is 0 Å². The number of nitrogens with zero attached hydrogens (tertiary/aromatic N) is 1. The van der Waals surface area contributed by atoms with E-state index in [1.54, 1.807) is 40.9 Å². The molecule has 0 aromatic carbocycles. The van der Waals surface area contributed by atoms with Gasteiger partial charge in [-0.25, -0.2) is 4.79 Å². The molecule has 4 aliphatic rings. The van der Waals surface area contributed by atoms with Crippen LogP contribution in [0.3, 0.4) is 0 Å². The van der Waals surface area contributed by atoms with Crippen molar-refractivity contribution in [3.8, 4) is 0 Å². The molecule has 1 aliphatic carbocycles. The van der Waals surface area contributed by atoms with Crippen LogP contribution >= 0.6 is 0 Å². The highest BCUT2D eigenvalue weighted by Gasteiger charge is 2.56. The Hall–Kier alpha value is -2.56. The van der Waals surface area contributed by atoms with Crippen LogP contribution in [0.1, 0.15) is 106 Å². The van der Waals surface area contributed by atoms with Crippen molar-refractivity contribution in [1.29, 1.82) is 0 Å². The third-order valence-electron chi connectivity index (χ3n) is 13.2. The average molecular weight is 808 g/mol. The first-order valence-corrected chi connectivity index (χ1v) is 20.9. The molecule has 0 spiro atoms. The SMILES string of the molecule is CC[C@@H]1/C=C(\C)[C@@H](O)[C@@H](C)C[C@H](OC)[C@H]2O[C@@](O)(C(=O)C(=O)N3CCCC[C@H]3C(=O)O[C@H](/C(C)=C/[C@@H]3CC[C@@H](O)[C@H](OC)C3)[C@H](C)[C@@H](O)CC1=O)[C@H](C)C[C@@H]2OC. The summed E-state index contributed by atoms with van der Waals surface area (Å²) in [6.07, 6.45) is 0.618. The van der Waals surface area contributed by atoms with Gasteiger partial charge in [0.05, 0.1) is 36.6 Å². The second-order valence-corrected chi connectivity index (χ2v) is 17.2. The predicted molar refractivity (Wildman–Crippen MR) is 209 cm³/mol. The zero-order valence-electron chi connectivity index (χ0n) is 35.4. The minimum absolute atomic E-state index is 0.0255. The highest BCUT2D eigenvalue weighted by molar-refractivity contribution is 6.39. The zero-order valence-corrected chi connectivity index (χ0v) is 35.4. The van der Waals surface area contributed by atoms with Crippen LogP contribution < -0.4 is 0 Å². The molecule has 4 N–H and O–H groups in total. The number of fused-ring (bicyclic) bond motifs is 3. The summed E-state index contributed by atoms with van der Waals surface area (Å²) in [7, 11) is 4.49. The van der Waals surface area contributed by atoms with Gasteiger partial charge >= 0.3 is 5.97 Å². The van der Waals surface area contributed by atoms with Gasteiger partial charge in [-0.15, -0.1) is 0 Å². The average Bonchev–Trinajstić information content (AvgIpc) is 3.20. The summed E-state index contributed by atoms with van der Waals surface area (Å²) >= 11 is 0. The maximum Gasteiger partial charge on any atom is 0.329 e. The van der Waals surface area contributed by atoms with Crippen molar-refractivity contribution < 1.29 is 63.3 Å². The molecule has 324 valence electrons. The first-order valence-electron chi connectivity index (χ1n) is 20.9. The summed E-state index contributed by atoms with van der Waals surface area (Å²) in [5, 5.41) is 45.6. The Balaban J connectivity index is 1.79. The van der Waals surface area contributed by atoms with Crippen LogP contribution in [-0.2, 0) is 42.9 Å². The lowest BCUT2D eigenvalue weighted by atomic mass is 9.81. The first kappa shape index (κ1) is 47.1. The quantitative estimate of drug-likeness (QED) is 0.173. The number of Topliss-reactive ketones (excluding diaryl/α,β-unsaturated/α-hetero) is 2. The summed E-state index contributed by atoms with van der Waals surface area (Å²) in [4.78, 5) is 57.7. The number of esters is 1. The molecule has 0 radical (unpaired) electrons.